The summed E-state index contributed by atoms with van der Waals surface area (Å²) in [5.41, 5.74) is 6.45. The van der Waals surface area contributed by atoms with E-state index >= 15 is 0 Å². The molecule has 2 amide bonds. The van der Waals surface area contributed by atoms with E-state index in [-0.39, 0.29) is 19.1 Å². The Morgan fingerprint density at radius 1 is 1.71 bits per heavy atom. The van der Waals surface area contributed by atoms with E-state index in [1.807, 2.05) is 0 Å². The average Bonchev–Trinajstić information content (AvgIpc) is 2.65. The van der Waals surface area contributed by atoms with E-state index in [1.165, 1.54) is 4.90 Å². The van der Waals surface area contributed by atoms with Gasteiger partial charge in [0.25, 0.3) is 0 Å². The van der Waals surface area contributed by atoms with E-state index in [0.29, 0.717) is 0 Å². The number of nitrogens with two attached hydrogens (primary N) is 1. The Labute approximate surface area is 98.8 Å². The highest BCUT2D eigenvalue weighted by Crippen LogP contribution is 2.25. The van der Waals surface area contributed by atoms with Crippen molar-refractivity contribution in [1.82, 2.24) is 10.2 Å². The Kier molecular flexibility index (Phi) is 3.34. The molecule has 1 saturated heterocycles. The maximum absolute atomic E-state index is 11.7. The summed E-state index contributed by atoms with van der Waals surface area (Å²) in [6.07, 6.45) is -0.569. The lowest BCUT2D eigenvalue weighted by molar-refractivity contribution is -0.0544. The van der Waals surface area contributed by atoms with Gasteiger partial charge in [-0.25, -0.2) is 4.79 Å². The third-order valence-corrected chi connectivity index (χ3v) is 3.04. The largest absolute Gasteiger partial charge is 0.394 e. The number of ether oxygens (including phenoxy) is 1. The summed E-state index contributed by atoms with van der Waals surface area (Å²) in [4.78, 5) is 13.1. The number of hydrogen-bond donors (Lipinski definition) is 4. The first-order chi connectivity index (χ1) is 8.02. The van der Waals surface area contributed by atoms with Crippen molar-refractivity contribution >= 4 is 6.03 Å². The lowest BCUT2D eigenvalue weighted by atomic mass is 10.1. The summed E-state index contributed by atoms with van der Waals surface area (Å²) in [6.45, 7) is 1.53. The first-order valence-electron chi connectivity index (χ1n) is 5.50. The van der Waals surface area contributed by atoms with Gasteiger partial charge in [-0.15, -0.1) is 0 Å². The number of aliphatic hydroxyl groups excluding tert-OH is 2. The Morgan fingerprint density at radius 3 is 3.00 bits per heavy atom. The van der Waals surface area contributed by atoms with Crippen LogP contribution in [0.5, 0.6) is 0 Å². The van der Waals surface area contributed by atoms with Gasteiger partial charge in [0, 0.05) is 12.6 Å². The predicted octanol–water partition coefficient (Wildman–Crippen LogP) is -1.33. The fourth-order valence-electron chi connectivity index (χ4n) is 1.94. The minimum atomic E-state index is -0.762. The molecule has 96 valence electrons. The number of nitrogens with one attached hydrogen (secondary N) is 1. The molecule has 2 aliphatic rings. The van der Waals surface area contributed by atoms with Crippen LogP contribution in [-0.4, -0.2) is 52.4 Å². The Bertz CT molecular complexity index is 346. The number of carbonyl (C=O) groups is 1. The van der Waals surface area contributed by atoms with E-state index in [9.17, 15) is 9.90 Å². The molecule has 2 heterocycles. The van der Waals surface area contributed by atoms with Crippen LogP contribution >= 0.6 is 0 Å². The zero-order valence-corrected chi connectivity index (χ0v) is 9.54. The molecule has 0 bridgehead atoms. The molecule has 2 rings (SSSR count). The molecule has 2 unspecified atom stereocenters. The maximum Gasteiger partial charge on any atom is 0.325 e. The van der Waals surface area contributed by atoms with Crippen LogP contribution in [0.1, 0.15) is 13.3 Å². The van der Waals surface area contributed by atoms with Gasteiger partial charge in [0.05, 0.1) is 12.7 Å². The van der Waals surface area contributed by atoms with Crippen molar-refractivity contribution in [3.63, 3.8) is 0 Å². The maximum atomic E-state index is 11.7. The van der Waals surface area contributed by atoms with Crippen LogP contribution in [0.2, 0.25) is 0 Å². The number of nitrogens with zero attached hydrogens (tertiary/aromatic N) is 1. The summed E-state index contributed by atoms with van der Waals surface area (Å²) in [5.74, 6) is 0. The fourth-order valence-corrected chi connectivity index (χ4v) is 1.94. The number of rotatable bonds is 2. The molecule has 2 aliphatic heterocycles. The van der Waals surface area contributed by atoms with Crippen LogP contribution in [0.15, 0.2) is 11.8 Å². The normalized spacial score (nSPS) is 38.0. The van der Waals surface area contributed by atoms with Crippen molar-refractivity contribution in [2.75, 3.05) is 6.61 Å². The zero-order valence-electron chi connectivity index (χ0n) is 9.54. The zero-order chi connectivity index (χ0) is 12.6. The quantitative estimate of drug-likeness (QED) is 0.480. The fraction of sp³-hybridized carbons (Fsp3) is 0.700. The van der Waals surface area contributed by atoms with Gasteiger partial charge in [0.15, 0.2) is 0 Å². The third-order valence-electron chi connectivity index (χ3n) is 3.04. The van der Waals surface area contributed by atoms with Crippen molar-refractivity contribution in [2.45, 2.75) is 37.9 Å². The van der Waals surface area contributed by atoms with E-state index in [2.05, 4.69) is 5.32 Å². The number of aliphatic hydroxyl groups is 2. The Hall–Kier alpha value is -1.15. The molecule has 7 nitrogen and oxygen atoms in total. The van der Waals surface area contributed by atoms with Gasteiger partial charge in [0.1, 0.15) is 18.5 Å². The minimum Gasteiger partial charge on any atom is -0.394 e. The van der Waals surface area contributed by atoms with Crippen molar-refractivity contribution in [1.29, 1.82) is 0 Å². The molecule has 0 spiro atoms. The van der Waals surface area contributed by atoms with Crippen molar-refractivity contribution in [3.8, 4) is 0 Å². The van der Waals surface area contributed by atoms with E-state index in [4.69, 9.17) is 15.6 Å². The van der Waals surface area contributed by atoms with Crippen molar-refractivity contribution < 1.29 is 19.7 Å². The smallest absolute Gasteiger partial charge is 0.325 e. The van der Waals surface area contributed by atoms with Gasteiger partial charge < -0.3 is 26.0 Å². The molecule has 7 heteroatoms. The average molecular weight is 243 g/mol. The molecular weight excluding hydrogens is 226 g/mol. The standard InChI is InChI=1S/C10H17N3O4/c1-5-3-13(10(16)12-9(5)11)8-2-6(15)7(4-14)17-8/h3,6-9,14-15H,2,4,11H2,1H3,(H,12,16)/t6?,7-,8-,9?/m1/s1. The van der Waals surface area contributed by atoms with Crippen LogP contribution in [0.25, 0.3) is 0 Å². The van der Waals surface area contributed by atoms with Gasteiger partial charge in [-0.2, -0.15) is 0 Å². The molecule has 0 aromatic rings. The number of urea groups is 1. The molecule has 0 aromatic heterocycles. The molecule has 4 atom stereocenters. The SMILES string of the molecule is CC1=CN([C@H]2CC(O)[C@@H](CO)O2)C(=O)NC1N. The first-order valence-corrected chi connectivity index (χ1v) is 5.50. The summed E-state index contributed by atoms with van der Waals surface area (Å²) < 4.78 is 5.40. The number of carbonyl (C=O) groups excluding carboxylic acids is 1. The van der Waals surface area contributed by atoms with Crippen molar-refractivity contribution in [3.05, 3.63) is 11.8 Å². The van der Waals surface area contributed by atoms with E-state index < -0.39 is 24.6 Å². The number of amides is 2. The van der Waals surface area contributed by atoms with Crippen molar-refractivity contribution in [2.24, 2.45) is 5.73 Å². The van der Waals surface area contributed by atoms with Crippen LogP contribution < -0.4 is 11.1 Å². The molecule has 0 aliphatic carbocycles. The lowest BCUT2D eigenvalue weighted by Crippen LogP contribution is -2.54. The highest BCUT2D eigenvalue weighted by molar-refractivity contribution is 5.77. The summed E-state index contributed by atoms with van der Waals surface area (Å²) >= 11 is 0. The van der Waals surface area contributed by atoms with Gasteiger partial charge in [0.2, 0.25) is 0 Å². The molecular formula is C10H17N3O4. The predicted molar refractivity (Wildman–Crippen MR) is 58.5 cm³/mol. The van der Waals surface area contributed by atoms with Gasteiger partial charge >= 0.3 is 6.03 Å². The first kappa shape index (κ1) is 12.3. The molecule has 5 N–H and O–H groups in total. The summed E-state index contributed by atoms with van der Waals surface area (Å²) in [6, 6.07) is -0.362. The topological polar surface area (TPSA) is 108 Å². The number of hydrogen-bond acceptors (Lipinski definition) is 5. The minimum absolute atomic E-state index is 0.269. The van der Waals surface area contributed by atoms with Gasteiger partial charge in [-0.05, 0) is 12.5 Å². The van der Waals surface area contributed by atoms with Crippen LogP contribution in [0.3, 0.4) is 0 Å². The second-order valence-corrected chi connectivity index (χ2v) is 4.32. The Balaban J connectivity index is 2.11. The molecule has 0 saturated carbocycles. The molecule has 0 radical (unpaired) electrons. The second kappa shape index (κ2) is 4.61. The van der Waals surface area contributed by atoms with E-state index in [0.717, 1.165) is 5.57 Å². The monoisotopic (exact) mass is 243 g/mol. The highest BCUT2D eigenvalue weighted by Gasteiger charge is 2.39. The van der Waals surface area contributed by atoms with Crippen LogP contribution in [0, 0.1) is 0 Å². The Morgan fingerprint density at radius 2 is 2.41 bits per heavy atom. The van der Waals surface area contributed by atoms with Gasteiger partial charge in [-0.1, -0.05) is 0 Å². The third kappa shape index (κ3) is 2.27. The molecule has 0 aromatic carbocycles. The summed E-state index contributed by atoms with van der Waals surface area (Å²) in [7, 11) is 0. The van der Waals surface area contributed by atoms with Crippen LogP contribution in [-0.2, 0) is 4.74 Å². The van der Waals surface area contributed by atoms with Crippen LogP contribution in [0.4, 0.5) is 4.79 Å². The lowest BCUT2D eigenvalue weighted by Gasteiger charge is -2.32. The highest BCUT2D eigenvalue weighted by atomic mass is 16.5. The summed E-state index contributed by atoms with van der Waals surface area (Å²) in [5, 5.41) is 21.2. The molecule has 17 heavy (non-hydrogen) atoms. The van der Waals surface area contributed by atoms with Gasteiger partial charge in [-0.3, -0.25) is 4.90 Å². The molecule has 1 fully saturated rings. The second-order valence-electron chi connectivity index (χ2n) is 4.32. The van der Waals surface area contributed by atoms with E-state index in [1.54, 1.807) is 13.1 Å².